The van der Waals surface area contributed by atoms with Gasteiger partial charge in [-0.1, -0.05) is 0 Å². The number of aromatic nitrogens is 1. The van der Waals surface area contributed by atoms with Gasteiger partial charge >= 0.3 is 5.82 Å². The lowest BCUT2D eigenvalue weighted by Crippen LogP contribution is -2.38. The van der Waals surface area contributed by atoms with E-state index in [0.717, 1.165) is 15.5 Å². The summed E-state index contributed by atoms with van der Waals surface area (Å²) in [4.78, 5) is 22.7. The van der Waals surface area contributed by atoms with E-state index in [9.17, 15) is 23.7 Å². The third-order valence-electron chi connectivity index (χ3n) is 2.52. The van der Waals surface area contributed by atoms with Gasteiger partial charge in [-0.25, -0.2) is 13.3 Å². The Morgan fingerprint density at radius 3 is 2.63 bits per heavy atom. The Balaban J connectivity index is 2.99. The number of nitrogens with zero attached hydrogens (tertiary/aromatic N) is 3. The molecule has 7 nitrogen and oxygen atoms in total. The van der Waals surface area contributed by atoms with Crippen molar-refractivity contribution in [1.29, 1.82) is 0 Å². The molecule has 0 saturated carbocycles. The van der Waals surface area contributed by atoms with Crippen molar-refractivity contribution in [3.63, 3.8) is 0 Å². The maximum Gasteiger partial charge on any atom is 0.323 e. The minimum atomic E-state index is -2.74. The second-order valence-electron chi connectivity index (χ2n) is 3.76. The maximum absolute atomic E-state index is 12.3. The quantitative estimate of drug-likeness (QED) is 0.610. The van der Waals surface area contributed by atoms with Gasteiger partial charge in [0.05, 0.1) is 20.2 Å². The van der Waals surface area contributed by atoms with Crippen molar-refractivity contribution >= 4 is 11.7 Å². The van der Waals surface area contributed by atoms with Gasteiger partial charge in [-0.2, -0.15) is 0 Å². The number of carbonyl (C=O) groups is 1. The first kappa shape index (κ1) is 15.0. The molecule has 9 heteroatoms. The minimum absolute atomic E-state index is 0.0826. The van der Waals surface area contributed by atoms with Crippen LogP contribution < -0.4 is 0 Å². The Bertz CT molecular complexity index is 475. The Morgan fingerprint density at radius 2 is 2.21 bits per heavy atom. The number of aliphatic hydroxyl groups is 1. The fourth-order valence-corrected chi connectivity index (χ4v) is 1.62. The van der Waals surface area contributed by atoms with E-state index in [0.29, 0.717) is 0 Å². The maximum atomic E-state index is 12.3. The summed E-state index contributed by atoms with van der Waals surface area (Å²) in [5.74, 6) is -1.10. The van der Waals surface area contributed by atoms with Gasteiger partial charge in [-0.15, -0.1) is 0 Å². The first-order chi connectivity index (χ1) is 8.88. The lowest BCUT2D eigenvalue weighted by molar-refractivity contribution is -0.391. The molecule has 1 aromatic rings. The molecule has 0 aliphatic rings. The van der Waals surface area contributed by atoms with Gasteiger partial charge in [0.25, 0.3) is 12.3 Å². The smallest absolute Gasteiger partial charge is 0.323 e. The number of hydrogen-bond donors (Lipinski definition) is 1. The van der Waals surface area contributed by atoms with E-state index >= 15 is 0 Å². The van der Waals surface area contributed by atoms with Gasteiger partial charge in [0, 0.05) is 12.6 Å². The van der Waals surface area contributed by atoms with Crippen LogP contribution in [0.25, 0.3) is 0 Å². The zero-order valence-corrected chi connectivity index (χ0v) is 10.1. The monoisotopic (exact) mass is 277 g/mol. The zero-order chi connectivity index (χ0) is 14.6. The second kappa shape index (κ2) is 6.23. The van der Waals surface area contributed by atoms with Gasteiger partial charge in [0.1, 0.15) is 0 Å². The van der Waals surface area contributed by atoms with Crippen LogP contribution in [0.15, 0.2) is 12.1 Å². The molecule has 0 spiro atoms. The number of rotatable bonds is 6. The summed E-state index contributed by atoms with van der Waals surface area (Å²) < 4.78 is 25.7. The number of aliphatic hydroxyl groups excluding tert-OH is 1. The van der Waals surface area contributed by atoms with E-state index in [1.165, 1.54) is 13.1 Å². The highest BCUT2D eigenvalue weighted by molar-refractivity contribution is 5.93. The fraction of sp³-hybridized carbons (Fsp3) is 0.500. The van der Waals surface area contributed by atoms with Crippen LogP contribution in [0.4, 0.5) is 14.6 Å². The van der Waals surface area contributed by atoms with Gasteiger partial charge in [0.15, 0.2) is 5.69 Å². The van der Waals surface area contributed by atoms with Crippen LogP contribution in [0.2, 0.25) is 0 Å². The van der Waals surface area contributed by atoms with Crippen molar-refractivity contribution < 1.29 is 23.6 Å². The Hall–Kier alpha value is -2.03. The molecule has 0 aliphatic heterocycles. The summed E-state index contributed by atoms with van der Waals surface area (Å²) in [6.45, 7) is -1.56. The predicted octanol–water partition coefficient (Wildman–Crippen LogP) is 0.633. The number of carbonyl (C=O) groups excluding carboxylic acids is 1. The van der Waals surface area contributed by atoms with E-state index in [2.05, 4.69) is 0 Å². The van der Waals surface area contributed by atoms with Gasteiger partial charge < -0.3 is 20.1 Å². The van der Waals surface area contributed by atoms with Crippen LogP contribution in [0.3, 0.4) is 0 Å². The van der Waals surface area contributed by atoms with E-state index in [4.69, 9.17) is 5.11 Å². The average Bonchev–Trinajstić information content (AvgIpc) is 2.69. The van der Waals surface area contributed by atoms with E-state index in [1.54, 1.807) is 0 Å². The van der Waals surface area contributed by atoms with Crippen LogP contribution >= 0.6 is 0 Å². The van der Waals surface area contributed by atoms with Crippen molar-refractivity contribution in [3.05, 3.63) is 27.9 Å². The lowest BCUT2D eigenvalue weighted by atomic mass is 10.3. The van der Waals surface area contributed by atoms with Gasteiger partial charge in [0.2, 0.25) is 0 Å². The molecule has 0 aromatic carbocycles. The number of hydrogen-bond acceptors (Lipinski definition) is 4. The number of amides is 1. The fourth-order valence-electron chi connectivity index (χ4n) is 1.62. The van der Waals surface area contributed by atoms with Crippen molar-refractivity contribution in [2.45, 2.75) is 6.43 Å². The molecule has 1 heterocycles. The average molecular weight is 277 g/mol. The third kappa shape index (κ3) is 3.47. The molecule has 0 bridgehead atoms. The van der Waals surface area contributed by atoms with E-state index in [1.807, 2.05) is 0 Å². The van der Waals surface area contributed by atoms with Crippen molar-refractivity contribution in [2.24, 2.45) is 7.05 Å². The highest BCUT2D eigenvalue weighted by atomic mass is 19.3. The van der Waals surface area contributed by atoms with Crippen molar-refractivity contribution in [3.8, 4) is 0 Å². The Labute approximate surface area is 107 Å². The molecule has 1 rings (SSSR count). The number of halogens is 2. The van der Waals surface area contributed by atoms with Crippen molar-refractivity contribution in [2.75, 3.05) is 19.7 Å². The van der Waals surface area contributed by atoms with Gasteiger partial charge in [-0.05, 0) is 11.0 Å². The van der Waals surface area contributed by atoms with Gasteiger partial charge in [-0.3, -0.25) is 4.79 Å². The minimum Gasteiger partial charge on any atom is -0.395 e. The van der Waals surface area contributed by atoms with Crippen LogP contribution in [-0.4, -0.2) is 51.5 Å². The SMILES string of the molecule is Cn1c(C(=O)N(CCO)CC(F)F)ccc1[N+](=O)[O-]. The highest BCUT2D eigenvalue weighted by Gasteiger charge is 2.26. The number of alkyl halides is 2. The van der Waals surface area contributed by atoms with E-state index in [-0.39, 0.29) is 18.1 Å². The number of nitro groups is 1. The molecule has 106 valence electrons. The summed E-state index contributed by atoms with van der Waals surface area (Å²) in [6, 6.07) is 2.31. The van der Waals surface area contributed by atoms with E-state index < -0.39 is 30.4 Å². The molecule has 0 unspecified atom stereocenters. The molecule has 0 atom stereocenters. The molecule has 0 saturated heterocycles. The molecule has 1 amide bonds. The van der Waals surface area contributed by atoms with Crippen LogP contribution in [0.5, 0.6) is 0 Å². The molecule has 1 N–H and O–H groups in total. The standard InChI is InChI=1S/C10H13F2N3O4/c1-13-7(2-3-9(13)15(18)19)10(17)14(4-5-16)6-8(11)12/h2-3,8,16H,4-6H2,1H3. The highest BCUT2D eigenvalue weighted by Crippen LogP contribution is 2.17. The zero-order valence-electron chi connectivity index (χ0n) is 10.1. The normalized spacial score (nSPS) is 10.8. The topological polar surface area (TPSA) is 88.6 Å². The summed E-state index contributed by atoms with van der Waals surface area (Å²) in [7, 11) is 1.30. The largest absolute Gasteiger partial charge is 0.395 e. The summed E-state index contributed by atoms with van der Waals surface area (Å²) in [5, 5.41) is 19.4. The predicted molar refractivity (Wildman–Crippen MR) is 61.1 cm³/mol. The first-order valence-electron chi connectivity index (χ1n) is 5.36. The van der Waals surface area contributed by atoms with Crippen LogP contribution in [0, 0.1) is 10.1 Å². The molecule has 19 heavy (non-hydrogen) atoms. The third-order valence-corrected chi connectivity index (χ3v) is 2.52. The lowest BCUT2D eigenvalue weighted by Gasteiger charge is -2.20. The van der Waals surface area contributed by atoms with Crippen LogP contribution in [-0.2, 0) is 7.05 Å². The molecule has 0 aliphatic carbocycles. The Morgan fingerprint density at radius 1 is 1.58 bits per heavy atom. The second-order valence-corrected chi connectivity index (χ2v) is 3.76. The summed E-state index contributed by atoms with van der Waals surface area (Å²) in [5.41, 5.74) is -0.0826. The summed E-state index contributed by atoms with van der Waals surface area (Å²) in [6.07, 6.45) is -2.74. The summed E-state index contributed by atoms with van der Waals surface area (Å²) >= 11 is 0. The van der Waals surface area contributed by atoms with Crippen LogP contribution in [0.1, 0.15) is 10.5 Å². The first-order valence-corrected chi connectivity index (χ1v) is 5.36. The van der Waals surface area contributed by atoms with Crippen molar-refractivity contribution in [1.82, 2.24) is 9.47 Å². The molecular weight excluding hydrogens is 264 g/mol. The molecule has 0 radical (unpaired) electrons. The molecule has 1 aromatic heterocycles. The molecule has 0 fully saturated rings. The molecular formula is C10H13F2N3O4. The Kier molecular flexibility index (Phi) is 4.93.